The van der Waals surface area contributed by atoms with E-state index in [1.54, 1.807) is 7.11 Å². The average molecular weight is 270 g/mol. The molecule has 0 spiro atoms. The van der Waals surface area contributed by atoms with Gasteiger partial charge in [-0.3, -0.25) is 4.79 Å². The smallest absolute Gasteiger partial charge is 0.235 e. The second kappa shape index (κ2) is 5.59. The van der Waals surface area contributed by atoms with Crippen LogP contribution in [0.5, 0.6) is 5.75 Å². The number of halogens is 1. The Labute approximate surface area is 111 Å². The Morgan fingerprint density at radius 2 is 2.39 bits per heavy atom. The molecule has 2 atom stereocenters. The van der Waals surface area contributed by atoms with Gasteiger partial charge in [0.15, 0.2) is 0 Å². The molecule has 1 aliphatic rings. The van der Waals surface area contributed by atoms with Gasteiger partial charge in [0, 0.05) is 5.56 Å². The van der Waals surface area contributed by atoms with E-state index in [-0.39, 0.29) is 17.8 Å². The Morgan fingerprint density at radius 1 is 1.61 bits per heavy atom. The van der Waals surface area contributed by atoms with Crippen molar-refractivity contribution in [1.29, 1.82) is 0 Å². The molecule has 0 bridgehead atoms. The number of nitrogens with one attached hydrogen (secondary N) is 1. The van der Waals surface area contributed by atoms with Crippen molar-refractivity contribution >= 4 is 17.5 Å². The van der Waals surface area contributed by atoms with Gasteiger partial charge in [-0.1, -0.05) is 12.1 Å². The third-order valence-corrected chi connectivity index (χ3v) is 3.50. The highest BCUT2D eigenvalue weighted by Crippen LogP contribution is 2.35. The van der Waals surface area contributed by atoms with E-state index in [0.29, 0.717) is 6.42 Å². The van der Waals surface area contributed by atoms with Gasteiger partial charge in [0.25, 0.3) is 0 Å². The Hall–Kier alpha value is -1.26. The summed E-state index contributed by atoms with van der Waals surface area (Å²) in [6.45, 7) is 0. The molecule has 0 heterocycles. The number of hydrogen-bond donors (Lipinski definition) is 2. The van der Waals surface area contributed by atoms with Crippen molar-refractivity contribution in [2.45, 2.75) is 25.0 Å². The van der Waals surface area contributed by atoms with Crippen molar-refractivity contribution in [3.63, 3.8) is 0 Å². The number of benzene rings is 1. The molecule has 1 aliphatic carbocycles. The van der Waals surface area contributed by atoms with Crippen LogP contribution in [0.1, 0.15) is 23.7 Å². The average Bonchev–Trinajstić information content (AvgIpc) is 2.41. The normalized spacial score (nSPS) is 22.2. The fraction of sp³-hybridized carbons (Fsp3) is 0.462. The Kier molecular flexibility index (Phi) is 4.09. The molecule has 4 nitrogen and oxygen atoms in total. The number of rotatable bonds is 3. The predicted octanol–water partition coefficient (Wildman–Crippen LogP) is 1.40. The minimum Gasteiger partial charge on any atom is -0.496 e. The molecule has 1 aromatic rings. The molecule has 0 radical (unpaired) electrons. The van der Waals surface area contributed by atoms with Crippen molar-refractivity contribution in [2.75, 3.05) is 13.0 Å². The van der Waals surface area contributed by atoms with Crippen molar-refractivity contribution < 1.29 is 14.6 Å². The van der Waals surface area contributed by atoms with Crippen LogP contribution < -0.4 is 10.1 Å². The maximum absolute atomic E-state index is 11.3. The van der Waals surface area contributed by atoms with Crippen molar-refractivity contribution in [2.24, 2.45) is 0 Å². The third kappa shape index (κ3) is 2.44. The molecule has 18 heavy (non-hydrogen) atoms. The van der Waals surface area contributed by atoms with E-state index in [4.69, 9.17) is 16.3 Å². The number of aliphatic hydroxyl groups is 1. The molecule has 2 rings (SSSR count). The highest BCUT2D eigenvalue weighted by atomic mass is 35.5. The van der Waals surface area contributed by atoms with Crippen molar-refractivity contribution in [3.05, 3.63) is 29.3 Å². The minimum atomic E-state index is -0.712. The van der Waals surface area contributed by atoms with Crippen LogP contribution in [0.25, 0.3) is 0 Å². The second-order valence-corrected chi connectivity index (χ2v) is 4.59. The zero-order valence-electron chi connectivity index (χ0n) is 10.1. The van der Waals surface area contributed by atoms with Gasteiger partial charge in [0.1, 0.15) is 11.6 Å². The van der Waals surface area contributed by atoms with Gasteiger partial charge in [0.05, 0.1) is 19.3 Å². The van der Waals surface area contributed by atoms with Gasteiger partial charge < -0.3 is 15.2 Å². The largest absolute Gasteiger partial charge is 0.496 e. The first-order chi connectivity index (χ1) is 8.67. The molecule has 0 saturated heterocycles. The first-order valence-corrected chi connectivity index (χ1v) is 6.40. The summed E-state index contributed by atoms with van der Waals surface area (Å²) in [4.78, 5) is 11.3. The summed E-state index contributed by atoms with van der Waals surface area (Å²) in [5, 5.41) is 13.0. The summed E-state index contributed by atoms with van der Waals surface area (Å²) in [7, 11) is 1.61. The number of fused-ring (bicyclic) bond motifs is 1. The molecule has 0 aliphatic heterocycles. The molecule has 1 amide bonds. The van der Waals surface area contributed by atoms with E-state index >= 15 is 0 Å². The summed E-state index contributed by atoms with van der Waals surface area (Å²) >= 11 is 5.45. The number of ether oxygens (including phenoxy) is 1. The van der Waals surface area contributed by atoms with E-state index in [2.05, 4.69) is 5.32 Å². The Balaban J connectivity index is 2.23. The third-order valence-electron chi connectivity index (χ3n) is 3.26. The number of hydrogen-bond acceptors (Lipinski definition) is 3. The maximum Gasteiger partial charge on any atom is 0.235 e. The highest BCUT2D eigenvalue weighted by Gasteiger charge is 2.30. The van der Waals surface area contributed by atoms with Gasteiger partial charge in [-0.15, -0.1) is 11.6 Å². The molecule has 0 unspecified atom stereocenters. The second-order valence-electron chi connectivity index (χ2n) is 4.32. The number of carbonyl (C=O) groups excluding carboxylic acids is 1. The molecular weight excluding hydrogens is 254 g/mol. The molecule has 2 N–H and O–H groups in total. The number of carbonyl (C=O) groups is 1. The first-order valence-electron chi connectivity index (χ1n) is 5.86. The first kappa shape index (κ1) is 13.2. The molecule has 0 aromatic heterocycles. The maximum atomic E-state index is 11.3. The quantitative estimate of drug-likeness (QED) is 0.816. The topological polar surface area (TPSA) is 58.6 Å². The number of aliphatic hydroxyl groups excluding tert-OH is 1. The SMILES string of the molecule is COc1cccc2c1CC[C@H](NC(=O)CCl)[C@H]2O. The lowest BCUT2D eigenvalue weighted by atomic mass is 9.85. The van der Waals surface area contributed by atoms with Crippen LogP contribution in [0.3, 0.4) is 0 Å². The number of amides is 1. The van der Waals surface area contributed by atoms with E-state index in [1.807, 2.05) is 18.2 Å². The van der Waals surface area contributed by atoms with Crippen LogP contribution in [-0.4, -0.2) is 30.0 Å². The predicted molar refractivity (Wildman–Crippen MR) is 68.9 cm³/mol. The van der Waals surface area contributed by atoms with Gasteiger partial charge in [-0.2, -0.15) is 0 Å². The molecule has 0 fully saturated rings. The lowest BCUT2D eigenvalue weighted by Crippen LogP contribution is -2.42. The summed E-state index contributed by atoms with van der Waals surface area (Å²) in [5.74, 6) is 0.439. The fourth-order valence-electron chi connectivity index (χ4n) is 2.39. The number of methoxy groups -OCH3 is 1. The molecule has 1 aromatic carbocycles. The molecule has 5 heteroatoms. The number of alkyl halides is 1. The van der Waals surface area contributed by atoms with Crippen LogP contribution in [0.4, 0.5) is 0 Å². The van der Waals surface area contributed by atoms with Gasteiger partial charge in [0.2, 0.25) is 5.91 Å². The molecule has 0 saturated carbocycles. The van der Waals surface area contributed by atoms with E-state index in [1.165, 1.54) is 0 Å². The minimum absolute atomic E-state index is 0.0891. The van der Waals surface area contributed by atoms with E-state index in [0.717, 1.165) is 23.3 Å². The Morgan fingerprint density at radius 3 is 3.06 bits per heavy atom. The van der Waals surface area contributed by atoms with Gasteiger partial charge in [-0.05, 0) is 24.5 Å². The van der Waals surface area contributed by atoms with E-state index < -0.39 is 6.10 Å². The van der Waals surface area contributed by atoms with Gasteiger partial charge >= 0.3 is 0 Å². The molecular formula is C13H16ClNO3. The lowest BCUT2D eigenvalue weighted by molar-refractivity contribution is -0.120. The fourth-order valence-corrected chi connectivity index (χ4v) is 2.47. The van der Waals surface area contributed by atoms with Gasteiger partial charge in [-0.25, -0.2) is 0 Å². The summed E-state index contributed by atoms with van der Waals surface area (Å²) in [6.07, 6.45) is 0.733. The van der Waals surface area contributed by atoms with E-state index in [9.17, 15) is 9.90 Å². The van der Waals surface area contributed by atoms with Crippen molar-refractivity contribution in [1.82, 2.24) is 5.32 Å². The monoisotopic (exact) mass is 269 g/mol. The van der Waals surface area contributed by atoms with Crippen molar-refractivity contribution in [3.8, 4) is 5.75 Å². The summed E-state index contributed by atoms with van der Waals surface area (Å²) in [6, 6.07) is 5.30. The highest BCUT2D eigenvalue weighted by molar-refractivity contribution is 6.27. The van der Waals surface area contributed by atoms with Crippen LogP contribution in [0.15, 0.2) is 18.2 Å². The standard InChI is InChI=1S/C13H16ClNO3/c1-18-11-4-2-3-9-8(11)5-6-10(13(9)17)15-12(16)7-14/h2-4,10,13,17H,5-7H2,1H3,(H,15,16)/t10-,13-/m0/s1. The Bertz CT molecular complexity index is 450. The van der Waals surface area contributed by atoms with Crippen LogP contribution in [-0.2, 0) is 11.2 Å². The summed E-state index contributed by atoms with van der Waals surface area (Å²) in [5.41, 5.74) is 1.84. The van der Waals surface area contributed by atoms with Crippen LogP contribution in [0.2, 0.25) is 0 Å². The zero-order chi connectivity index (χ0) is 13.1. The molecule has 98 valence electrons. The van der Waals surface area contributed by atoms with Crippen LogP contribution >= 0.6 is 11.6 Å². The van der Waals surface area contributed by atoms with Crippen LogP contribution in [0, 0.1) is 0 Å². The zero-order valence-corrected chi connectivity index (χ0v) is 10.9. The lowest BCUT2D eigenvalue weighted by Gasteiger charge is -2.31. The summed E-state index contributed by atoms with van der Waals surface area (Å²) < 4.78 is 5.28.